The molecule has 2 unspecified atom stereocenters. The van der Waals surface area contributed by atoms with Gasteiger partial charge in [-0.15, -0.1) is 0 Å². The summed E-state index contributed by atoms with van der Waals surface area (Å²) in [7, 11) is -1.59. The lowest BCUT2D eigenvalue weighted by atomic mass is 9.87. The zero-order valence-corrected chi connectivity index (χ0v) is 39.0. The highest BCUT2D eigenvalue weighted by Gasteiger charge is 2.45. The molecule has 3 saturated heterocycles. The second kappa shape index (κ2) is 20.6. The first-order valence-electron chi connectivity index (χ1n) is 23.1. The quantitative estimate of drug-likeness (QED) is 0.101. The number of amides is 6. The van der Waals surface area contributed by atoms with Gasteiger partial charge < -0.3 is 29.5 Å². The number of hydrogen-bond acceptors (Lipinski definition) is 13. The second-order valence-corrected chi connectivity index (χ2v) is 19.3. The van der Waals surface area contributed by atoms with Crippen molar-refractivity contribution in [3.05, 3.63) is 87.7 Å². The molecule has 17 nitrogen and oxygen atoms in total. The van der Waals surface area contributed by atoms with Gasteiger partial charge in [-0.1, -0.05) is 18.2 Å². The van der Waals surface area contributed by atoms with Crippen molar-refractivity contribution in [3.63, 3.8) is 0 Å². The van der Waals surface area contributed by atoms with Crippen LogP contribution < -0.4 is 20.1 Å². The first kappa shape index (κ1) is 47.7. The van der Waals surface area contributed by atoms with Crippen LogP contribution in [0, 0.1) is 5.82 Å². The Balaban J connectivity index is 0.775. The number of ether oxygens (including phenoxy) is 2. The molecule has 6 amide bonds. The highest BCUT2D eigenvalue weighted by atomic mass is 32.2. The number of imide groups is 2. The van der Waals surface area contributed by atoms with Gasteiger partial charge in [-0.2, -0.15) is 0 Å². The summed E-state index contributed by atoms with van der Waals surface area (Å²) in [5.74, 6) is -2.50. The third-order valence-electron chi connectivity index (χ3n) is 13.8. The second-order valence-electron chi connectivity index (χ2n) is 17.9. The normalized spacial score (nSPS) is 20.6. The van der Waals surface area contributed by atoms with Gasteiger partial charge in [0.2, 0.25) is 17.7 Å². The van der Waals surface area contributed by atoms with Crippen molar-refractivity contribution in [2.24, 2.45) is 0 Å². The van der Waals surface area contributed by atoms with Gasteiger partial charge in [-0.25, -0.2) is 12.8 Å². The predicted molar refractivity (Wildman–Crippen MR) is 245 cm³/mol. The Kier molecular flexibility index (Phi) is 14.7. The molecule has 0 radical (unpaired) electrons. The van der Waals surface area contributed by atoms with Crippen LogP contribution in [0.2, 0.25) is 0 Å². The highest BCUT2D eigenvalue weighted by Crippen LogP contribution is 2.40. The molecule has 5 heterocycles. The molecule has 3 aromatic carbocycles. The lowest BCUT2D eigenvalue weighted by Crippen LogP contribution is -2.52. The predicted octanol–water partition coefficient (Wildman–Crippen LogP) is 3.55. The van der Waals surface area contributed by atoms with Crippen LogP contribution in [0.5, 0.6) is 11.5 Å². The highest BCUT2D eigenvalue weighted by molar-refractivity contribution is 7.73. The maximum Gasteiger partial charge on any atom is 0.264 e. The van der Waals surface area contributed by atoms with Crippen molar-refractivity contribution < 1.29 is 51.0 Å². The summed E-state index contributed by atoms with van der Waals surface area (Å²) in [6, 6.07) is 10.7. The van der Waals surface area contributed by atoms with Gasteiger partial charge in [0.05, 0.1) is 48.4 Å². The van der Waals surface area contributed by atoms with Gasteiger partial charge in [-0.05, 0) is 125 Å². The molecule has 19 heteroatoms. The van der Waals surface area contributed by atoms with Crippen molar-refractivity contribution in [2.75, 3.05) is 77.9 Å². The number of piperidine rings is 2. The molecule has 5 aliphatic rings. The largest absolute Gasteiger partial charge is 0.493 e. The zero-order chi connectivity index (χ0) is 47.5. The van der Waals surface area contributed by atoms with E-state index in [0.717, 1.165) is 75.4 Å². The van der Waals surface area contributed by atoms with E-state index in [9.17, 15) is 37.2 Å². The number of benzene rings is 3. The molecule has 2 N–H and O–H groups in total. The maximum absolute atomic E-state index is 15.4. The standard InChI is InChI=1S/C48H58FN7O10S/c1-4-66-40-25-31(10-12-39(40)65-3)44(29(2)67(63)64)56-47(61)33-8-7-9-37(43(33)48(56)62)50-42(58)28-54-22-20-53(21-23-54)17-6-5-16-52-18-14-30(15-19-52)34-24-32-27-55(46(60)35(32)26-36(34)49)38-11-13-41(57)51-45(38)59/h7-10,12,24-26,29-30,38,44,67H,4-6,11,13-23,27-28H2,1-3H3,(H,50,58)(H,51,57,59)/t29?,38?,44-/m1/s1. The number of hydrogen-bond donors (Lipinski definition) is 3. The van der Waals surface area contributed by atoms with Crippen molar-refractivity contribution in [2.45, 2.75) is 82.2 Å². The van der Waals surface area contributed by atoms with E-state index in [0.29, 0.717) is 42.3 Å². The average Bonchev–Trinajstić information content (AvgIpc) is 3.76. The molecule has 0 bridgehead atoms. The molecule has 0 saturated carbocycles. The number of carbonyl (C=O) groups excluding carboxylic acids is 6. The molecule has 0 aliphatic carbocycles. The molecular formula is C48H58FN7O10S. The van der Waals surface area contributed by atoms with E-state index in [2.05, 4.69) is 25.3 Å². The molecule has 3 aromatic rings. The first-order valence-corrected chi connectivity index (χ1v) is 24.4. The van der Waals surface area contributed by atoms with E-state index >= 15 is 4.39 Å². The van der Waals surface area contributed by atoms with Crippen LogP contribution in [0.1, 0.15) is 112 Å². The molecule has 8 rings (SSSR count). The summed E-state index contributed by atoms with van der Waals surface area (Å²) >= 11 is 0. The Morgan fingerprint density at radius 2 is 1.55 bits per heavy atom. The Labute approximate surface area is 390 Å². The topological polar surface area (TPSA) is 195 Å². The molecule has 0 spiro atoms. The smallest absolute Gasteiger partial charge is 0.264 e. The summed E-state index contributed by atoms with van der Waals surface area (Å²) in [6.45, 7) is 10.4. The average molecular weight is 944 g/mol. The number of nitrogens with one attached hydrogen (secondary N) is 2. The van der Waals surface area contributed by atoms with Gasteiger partial charge in [-0.3, -0.25) is 43.9 Å². The molecule has 5 aliphatic heterocycles. The van der Waals surface area contributed by atoms with E-state index in [1.165, 1.54) is 31.1 Å². The molecular weight excluding hydrogens is 886 g/mol. The molecule has 358 valence electrons. The van der Waals surface area contributed by atoms with E-state index in [1.54, 1.807) is 43.3 Å². The van der Waals surface area contributed by atoms with Gasteiger partial charge in [0, 0.05) is 44.7 Å². The summed E-state index contributed by atoms with van der Waals surface area (Å²) in [6.07, 6.45) is 4.07. The molecule has 67 heavy (non-hydrogen) atoms. The third kappa shape index (κ3) is 10.1. The SMILES string of the molecule is CCOc1cc([C@@H](C(C)[SH](=O)=O)N2C(=O)c3cccc(NC(=O)CN4CCN(CCCCN5CCC(c6cc7c(cc6F)C(=O)N(C6CCC(=O)NC6=O)C7)CC5)CC4)c3C2=O)ccc1OC. The Morgan fingerprint density at radius 3 is 2.22 bits per heavy atom. The number of likely N-dealkylation sites (tertiary alicyclic amines) is 1. The molecule has 0 aromatic heterocycles. The minimum absolute atomic E-state index is 0.0141. The Bertz CT molecular complexity index is 2510. The summed E-state index contributed by atoms with van der Waals surface area (Å²) in [4.78, 5) is 87.9. The number of anilines is 1. The van der Waals surface area contributed by atoms with Crippen LogP contribution in [0.4, 0.5) is 10.1 Å². The number of carbonyl (C=O) groups is 6. The fourth-order valence-corrected chi connectivity index (χ4v) is 10.7. The zero-order valence-electron chi connectivity index (χ0n) is 38.1. The summed E-state index contributed by atoms with van der Waals surface area (Å²) in [5.41, 5.74) is 2.28. The number of fused-ring (bicyclic) bond motifs is 2. The van der Waals surface area contributed by atoms with Crippen molar-refractivity contribution in [1.29, 1.82) is 0 Å². The molecule has 3 atom stereocenters. The van der Waals surface area contributed by atoms with E-state index in [1.807, 2.05) is 0 Å². The van der Waals surface area contributed by atoms with Crippen LogP contribution in [0.3, 0.4) is 0 Å². The van der Waals surface area contributed by atoms with Gasteiger partial charge in [0.15, 0.2) is 11.5 Å². The number of thiol groups is 1. The lowest BCUT2D eigenvalue weighted by molar-refractivity contribution is -0.137. The van der Waals surface area contributed by atoms with Crippen molar-refractivity contribution in [1.82, 2.24) is 29.8 Å². The minimum Gasteiger partial charge on any atom is -0.493 e. The van der Waals surface area contributed by atoms with Gasteiger partial charge in [0.25, 0.3) is 17.7 Å². The summed E-state index contributed by atoms with van der Waals surface area (Å²) < 4.78 is 51.4. The Morgan fingerprint density at radius 1 is 0.851 bits per heavy atom. The van der Waals surface area contributed by atoms with Gasteiger partial charge >= 0.3 is 0 Å². The van der Waals surface area contributed by atoms with Crippen molar-refractivity contribution >= 4 is 51.8 Å². The van der Waals surface area contributed by atoms with Crippen molar-refractivity contribution in [3.8, 4) is 11.5 Å². The monoisotopic (exact) mass is 943 g/mol. The number of piperazine rings is 1. The maximum atomic E-state index is 15.4. The first-order chi connectivity index (χ1) is 32.3. The number of unbranched alkanes of at least 4 members (excludes halogenated alkanes) is 1. The third-order valence-corrected chi connectivity index (χ3v) is 14.8. The number of rotatable bonds is 17. The van der Waals surface area contributed by atoms with Crippen LogP contribution in [0.25, 0.3) is 0 Å². The Hall–Kier alpha value is -5.76. The molecule has 3 fully saturated rings. The van der Waals surface area contributed by atoms with Crippen LogP contribution in [-0.4, -0.2) is 152 Å². The number of nitrogens with zero attached hydrogens (tertiary/aromatic N) is 5. The number of halogens is 1. The number of methoxy groups -OCH3 is 1. The minimum atomic E-state index is -3.07. The van der Waals surface area contributed by atoms with Crippen LogP contribution >= 0.6 is 0 Å². The van der Waals surface area contributed by atoms with Crippen LogP contribution in [0.15, 0.2) is 48.5 Å². The fraction of sp³-hybridized carbons (Fsp3) is 0.500. The van der Waals surface area contributed by atoms with Gasteiger partial charge in [0.1, 0.15) is 22.6 Å². The fourth-order valence-electron chi connectivity index (χ4n) is 10.2. The summed E-state index contributed by atoms with van der Waals surface area (Å²) in [5, 5.41) is 4.01. The lowest BCUT2D eigenvalue weighted by Gasteiger charge is -2.35. The van der Waals surface area contributed by atoms with Crippen LogP contribution in [-0.2, 0) is 31.6 Å². The van der Waals surface area contributed by atoms with E-state index in [-0.39, 0.29) is 77.8 Å². The van der Waals surface area contributed by atoms with E-state index in [4.69, 9.17) is 9.47 Å². The van der Waals surface area contributed by atoms with E-state index < -0.39 is 45.8 Å².